The van der Waals surface area contributed by atoms with Gasteiger partial charge in [0.05, 0.1) is 12.1 Å². The van der Waals surface area contributed by atoms with Crippen LogP contribution in [0.3, 0.4) is 0 Å². The van der Waals surface area contributed by atoms with E-state index in [1.54, 1.807) is 37.1 Å². The SMILES string of the molecule is Cc1cc(NC(=O)CN(C)c2ccc(C#N)cn2)no1. The lowest BCUT2D eigenvalue weighted by atomic mass is 10.3. The number of likely N-dealkylation sites (N-methyl/N-ethyl adjacent to an activating group) is 1. The number of pyridine rings is 1. The van der Waals surface area contributed by atoms with Crippen LogP contribution in [0.5, 0.6) is 0 Å². The summed E-state index contributed by atoms with van der Waals surface area (Å²) in [5, 5.41) is 15.0. The van der Waals surface area contributed by atoms with Crippen LogP contribution in [-0.4, -0.2) is 29.6 Å². The van der Waals surface area contributed by atoms with E-state index >= 15 is 0 Å². The normalized spacial score (nSPS) is 9.85. The molecule has 0 saturated heterocycles. The van der Waals surface area contributed by atoms with Gasteiger partial charge >= 0.3 is 0 Å². The fourth-order valence-electron chi connectivity index (χ4n) is 1.58. The van der Waals surface area contributed by atoms with Crippen LogP contribution < -0.4 is 10.2 Å². The second kappa shape index (κ2) is 5.84. The second-order valence-electron chi connectivity index (χ2n) is 4.24. The van der Waals surface area contributed by atoms with Crippen LogP contribution in [0.25, 0.3) is 0 Å². The average molecular weight is 271 g/mol. The van der Waals surface area contributed by atoms with E-state index in [0.717, 1.165) is 0 Å². The highest BCUT2D eigenvalue weighted by Crippen LogP contribution is 2.10. The molecule has 2 aromatic heterocycles. The van der Waals surface area contributed by atoms with Crippen molar-refractivity contribution in [2.45, 2.75) is 6.92 Å². The lowest BCUT2D eigenvalue weighted by molar-refractivity contribution is -0.115. The number of aryl methyl sites for hydroxylation is 1. The second-order valence-corrected chi connectivity index (χ2v) is 4.24. The summed E-state index contributed by atoms with van der Waals surface area (Å²) in [5.74, 6) is 1.39. The molecule has 2 heterocycles. The molecule has 1 amide bonds. The first-order valence-electron chi connectivity index (χ1n) is 5.89. The molecule has 0 atom stereocenters. The topological polar surface area (TPSA) is 95.1 Å². The van der Waals surface area contributed by atoms with Gasteiger partial charge < -0.3 is 14.7 Å². The van der Waals surface area contributed by atoms with E-state index in [1.165, 1.54) is 6.20 Å². The minimum atomic E-state index is -0.230. The molecular formula is C13H13N5O2. The third-order valence-electron chi connectivity index (χ3n) is 2.54. The summed E-state index contributed by atoms with van der Waals surface area (Å²) in [7, 11) is 1.74. The number of rotatable bonds is 4. The summed E-state index contributed by atoms with van der Waals surface area (Å²) in [5.41, 5.74) is 0.477. The van der Waals surface area contributed by atoms with E-state index in [9.17, 15) is 4.79 Å². The van der Waals surface area contributed by atoms with E-state index in [-0.39, 0.29) is 12.5 Å². The van der Waals surface area contributed by atoms with Crippen molar-refractivity contribution in [3.63, 3.8) is 0 Å². The first-order valence-corrected chi connectivity index (χ1v) is 5.89. The number of nitrogens with zero attached hydrogens (tertiary/aromatic N) is 4. The van der Waals surface area contributed by atoms with Gasteiger partial charge in [0.15, 0.2) is 5.82 Å². The Morgan fingerprint density at radius 2 is 2.35 bits per heavy atom. The summed E-state index contributed by atoms with van der Waals surface area (Å²) in [6.07, 6.45) is 1.46. The first kappa shape index (κ1) is 13.5. The zero-order valence-electron chi connectivity index (χ0n) is 11.1. The molecule has 0 aliphatic carbocycles. The van der Waals surface area contributed by atoms with E-state index in [0.29, 0.717) is 23.0 Å². The van der Waals surface area contributed by atoms with Crippen LogP contribution in [0.1, 0.15) is 11.3 Å². The van der Waals surface area contributed by atoms with E-state index in [1.807, 2.05) is 6.07 Å². The molecule has 0 spiro atoms. The molecule has 0 radical (unpaired) electrons. The molecule has 20 heavy (non-hydrogen) atoms. The fourth-order valence-corrected chi connectivity index (χ4v) is 1.58. The van der Waals surface area contributed by atoms with Crippen molar-refractivity contribution in [2.24, 2.45) is 0 Å². The molecule has 0 aliphatic heterocycles. The van der Waals surface area contributed by atoms with Crippen molar-refractivity contribution in [3.05, 3.63) is 35.7 Å². The Labute approximate surface area is 115 Å². The smallest absolute Gasteiger partial charge is 0.245 e. The molecule has 0 saturated carbocycles. The van der Waals surface area contributed by atoms with Crippen LogP contribution in [0, 0.1) is 18.3 Å². The van der Waals surface area contributed by atoms with Gasteiger partial charge in [-0.15, -0.1) is 0 Å². The van der Waals surface area contributed by atoms with Crippen molar-refractivity contribution in [2.75, 3.05) is 23.8 Å². The fraction of sp³-hybridized carbons (Fsp3) is 0.231. The zero-order valence-corrected chi connectivity index (χ0v) is 11.1. The quantitative estimate of drug-likeness (QED) is 0.901. The molecule has 0 unspecified atom stereocenters. The first-order chi connectivity index (χ1) is 9.58. The summed E-state index contributed by atoms with van der Waals surface area (Å²) in [6, 6.07) is 6.96. The van der Waals surface area contributed by atoms with E-state index < -0.39 is 0 Å². The Kier molecular flexibility index (Phi) is 3.96. The minimum absolute atomic E-state index is 0.116. The number of hydrogen-bond donors (Lipinski definition) is 1. The zero-order chi connectivity index (χ0) is 14.5. The van der Waals surface area contributed by atoms with Crippen LogP contribution in [0.4, 0.5) is 11.6 Å². The molecule has 0 bridgehead atoms. The Morgan fingerprint density at radius 1 is 1.55 bits per heavy atom. The largest absolute Gasteiger partial charge is 0.360 e. The van der Waals surface area contributed by atoms with Gasteiger partial charge in [0, 0.05) is 19.3 Å². The molecule has 2 rings (SSSR count). The van der Waals surface area contributed by atoms with Gasteiger partial charge in [0.25, 0.3) is 0 Å². The average Bonchev–Trinajstić information content (AvgIpc) is 2.84. The van der Waals surface area contributed by atoms with Crippen molar-refractivity contribution in [1.82, 2.24) is 10.1 Å². The standard InChI is InChI=1S/C13H13N5O2/c1-9-5-11(17-20-9)16-13(19)8-18(2)12-4-3-10(6-14)7-15-12/h3-5,7H,8H2,1-2H3,(H,16,17,19). The van der Waals surface area contributed by atoms with Gasteiger partial charge in [0.2, 0.25) is 5.91 Å². The number of carbonyl (C=O) groups excluding carboxylic acids is 1. The molecular weight excluding hydrogens is 258 g/mol. The number of aromatic nitrogens is 2. The number of nitrogens with one attached hydrogen (secondary N) is 1. The van der Waals surface area contributed by atoms with E-state index in [2.05, 4.69) is 15.5 Å². The van der Waals surface area contributed by atoms with Gasteiger partial charge in [-0.3, -0.25) is 4.79 Å². The van der Waals surface area contributed by atoms with Gasteiger partial charge in [-0.2, -0.15) is 5.26 Å². The highest BCUT2D eigenvalue weighted by Gasteiger charge is 2.10. The maximum absolute atomic E-state index is 11.8. The van der Waals surface area contributed by atoms with Crippen molar-refractivity contribution < 1.29 is 9.32 Å². The third kappa shape index (κ3) is 3.32. The van der Waals surface area contributed by atoms with Crippen LogP contribution >= 0.6 is 0 Å². The van der Waals surface area contributed by atoms with Gasteiger partial charge in [-0.1, -0.05) is 5.16 Å². The molecule has 1 N–H and O–H groups in total. The number of amides is 1. The lowest BCUT2D eigenvalue weighted by Crippen LogP contribution is -2.30. The van der Waals surface area contributed by atoms with Gasteiger partial charge in [0.1, 0.15) is 17.6 Å². The maximum Gasteiger partial charge on any atom is 0.245 e. The number of anilines is 2. The van der Waals surface area contributed by atoms with Crippen molar-refractivity contribution in [3.8, 4) is 6.07 Å². The summed E-state index contributed by atoms with van der Waals surface area (Å²) in [4.78, 5) is 17.6. The Balaban J connectivity index is 1.94. The molecule has 0 aromatic carbocycles. The van der Waals surface area contributed by atoms with Crippen LogP contribution in [-0.2, 0) is 4.79 Å². The molecule has 0 aliphatic rings. The number of nitriles is 1. The minimum Gasteiger partial charge on any atom is -0.360 e. The predicted octanol–water partition coefficient (Wildman–Crippen LogP) is 1.32. The molecule has 7 nitrogen and oxygen atoms in total. The lowest BCUT2D eigenvalue weighted by Gasteiger charge is -2.16. The van der Waals surface area contributed by atoms with Gasteiger partial charge in [-0.25, -0.2) is 4.98 Å². The van der Waals surface area contributed by atoms with Crippen LogP contribution in [0.2, 0.25) is 0 Å². The Bertz CT molecular complexity index is 642. The van der Waals surface area contributed by atoms with Crippen molar-refractivity contribution >= 4 is 17.5 Å². The predicted molar refractivity (Wildman–Crippen MR) is 72.1 cm³/mol. The Morgan fingerprint density at radius 3 is 2.90 bits per heavy atom. The third-order valence-corrected chi connectivity index (χ3v) is 2.54. The summed E-state index contributed by atoms with van der Waals surface area (Å²) in [6.45, 7) is 1.86. The number of hydrogen-bond acceptors (Lipinski definition) is 6. The molecule has 102 valence electrons. The highest BCUT2D eigenvalue weighted by atomic mass is 16.5. The maximum atomic E-state index is 11.8. The summed E-state index contributed by atoms with van der Waals surface area (Å²) < 4.78 is 4.86. The highest BCUT2D eigenvalue weighted by molar-refractivity contribution is 5.93. The number of carbonyl (C=O) groups is 1. The molecule has 2 aromatic rings. The molecule has 0 fully saturated rings. The van der Waals surface area contributed by atoms with Crippen molar-refractivity contribution in [1.29, 1.82) is 5.26 Å². The Hall–Kier alpha value is -2.88. The van der Waals surface area contributed by atoms with Gasteiger partial charge in [-0.05, 0) is 19.1 Å². The van der Waals surface area contributed by atoms with Crippen LogP contribution in [0.15, 0.2) is 28.9 Å². The molecule has 7 heteroatoms. The monoisotopic (exact) mass is 271 g/mol. The van der Waals surface area contributed by atoms with E-state index in [4.69, 9.17) is 9.78 Å². The summed E-state index contributed by atoms with van der Waals surface area (Å²) >= 11 is 0.